The van der Waals surface area contributed by atoms with Gasteiger partial charge in [0.2, 0.25) is 0 Å². The summed E-state index contributed by atoms with van der Waals surface area (Å²) in [4.78, 5) is 12.7. The zero-order valence-electron chi connectivity index (χ0n) is 20.7. The van der Waals surface area contributed by atoms with Crippen LogP contribution in [0.5, 0.6) is 11.5 Å². The van der Waals surface area contributed by atoms with Gasteiger partial charge >= 0.3 is 6.61 Å². The first-order chi connectivity index (χ1) is 17.7. The Bertz CT molecular complexity index is 1320. The minimum absolute atomic E-state index is 0.000659. The normalized spacial score (nSPS) is 11.5. The third-order valence-corrected chi connectivity index (χ3v) is 6.47. The topological polar surface area (TPSA) is 66.2 Å². The summed E-state index contributed by atoms with van der Waals surface area (Å²) in [5.74, 6) is 1.23. The molecule has 4 aromatic rings. The van der Waals surface area contributed by atoms with Crippen LogP contribution in [0.4, 0.5) is 8.78 Å². The minimum atomic E-state index is -2.91. The van der Waals surface area contributed by atoms with Gasteiger partial charge in [-0.15, -0.1) is 10.2 Å². The molecule has 0 atom stereocenters. The highest BCUT2D eigenvalue weighted by atomic mass is 32.2. The molecule has 0 fully saturated rings. The molecular formula is C28H27F2N3O3S. The zero-order valence-corrected chi connectivity index (χ0v) is 21.5. The predicted molar refractivity (Wildman–Crippen MR) is 139 cm³/mol. The summed E-state index contributed by atoms with van der Waals surface area (Å²) in [6, 6.07) is 23.2. The molecule has 6 nitrogen and oxygen atoms in total. The number of benzene rings is 3. The van der Waals surface area contributed by atoms with E-state index < -0.39 is 6.61 Å². The lowest BCUT2D eigenvalue weighted by atomic mass is 9.87. The monoisotopic (exact) mass is 523 g/mol. The molecule has 4 rings (SSSR count). The fraction of sp³-hybridized carbons (Fsp3) is 0.250. The summed E-state index contributed by atoms with van der Waals surface area (Å²) in [5, 5.41) is 9.17. The molecule has 0 aliphatic carbocycles. The SMILES string of the molecule is CC(C)(C)c1ccc(OCc2nnc(SCC(=O)c3ccc(OC(F)F)cc3)n2-c2ccccc2)cc1. The van der Waals surface area contributed by atoms with Gasteiger partial charge in [0.15, 0.2) is 16.8 Å². The molecule has 37 heavy (non-hydrogen) atoms. The van der Waals surface area contributed by atoms with Crippen molar-refractivity contribution in [3.05, 3.63) is 95.8 Å². The van der Waals surface area contributed by atoms with Crippen molar-refractivity contribution in [2.45, 2.75) is 44.6 Å². The number of alkyl halides is 2. The van der Waals surface area contributed by atoms with E-state index in [1.807, 2.05) is 47.0 Å². The van der Waals surface area contributed by atoms with Gasteiger partial charge in [-0.3, -0.25) is 9.36 Å². The van der Waals surface area contributed by atoms with Crippen molar-refractivity contribution in [3.63, 3.8) is 0 Å². The third kappa shape index (κ3) is 6.95. The average molecular weight is 524 g/mol. The van der Waals surface area contributed by atoms with Crippen molar-refractivity contribution >= 4 is 17.5 Å². The highest BCUT2D eigenvalue weighted by Gasteiger charge is 2.18. The number of ether oxygens (including phenoxy) is 2. The van der Waals surface area contributed by atoms with Crippen molar-refractivity contribution in [2.24, 2.45) is 0 Å². The molecular weight excluding hydrogens is 496 g/mol. The van der Waals surface area contributed by atoms with Crippen molar-refractivity contribution in [1.82, 2.24) is 14.8 Å². The molecule has 0 aliphatic rings. The number of hydrogen-bond acceptors (Lipinski definition) is 6. The number of carbonyl (C=O) groups is 1. The van der Waals surface area contributed by atoms with Crippen LogP contribution in [0.1, 0.15) is 42.5 Å². The van der Waals surface area contributed by atoms with E-state index in [9.17, 15) is 13.6 Å². The van der Waals surface area contributed by atoms with Gasteiger partial charge in [-0.2, -0.15) is 8.78 Å². The molecule has 192 valence electrons. The van der Waals surface area contributed by atoms with Crippen molar-refractivity contribution < 1.29 is 23.0 Å². The van der Waals surface area contributed by atoms with Crippen molar-refractivity contribution in [2.75, 3.05) is 5.75 Å². The summed E-state index contributed by atoms with van der Waals surface area (Å²) >= 11 is 1.24. The van der Waals surface area contributed by atoms with E-state index in [-0.39, 0.29) is 29.3 Å². The summed E-state index contributed by atoms with van der Waals surface area (Å²) in [5.41, 5.74) is 2.50. The molecule has 0 radical (unpaired) electrons. The fourth-order valence-electron chi connectivity index (χ4n) is 3.56. The van der Waals surface area contributed by atoms with Crippen LogP contribution in [-0.4, -0.2) is 32.9 Å². The molecule has 0 unspecified atom stereocenters. The van der Waals surface area contributed by atoms with Gasteiger partial charge in [-0.1, -0.05) is 62.9 Å². The Balaban J connectivity index is 1.48. The number of ketones is 1. The van der Waals surface area contributed by atoms with Crippen LogP contribution in [-0.2, 0) is 12.0 Å². The van der Waals surface area contributed by atoms with E-state index in [0.717, 1.165) is 11.4 Å². The van der Waals surface area contributed by atoms with E-state index in [4.69, 9.17) is 4.74 Å². The molecule has 0 N–H and O–H groups in total. The highest BCUT2D eigenvalue weighted by molar-refractivity contribution is 7.99. The highest BCUT2D eigenvalue weighted by Crippen LogP contribution is 2.26. The number of hydrogen-bond donors (Lipinski definition) is 0. The van der Waals surface area contributed by atoms with Crippen LogP contribution < -0.4 is 9.47 Å². The summed E-state index contributed by atoms with van der Waals surface area (Å²) in [7, 11) is 0. The van der Waals surface area contributed by atoms with Crippen LogP contribution in [0.25, 0.3) is 5.69 Å². The lowest BCUT2D eigenvalue weighted by Gasteiger charge is -2.19. The molecule has 0 bridgehead atoms. The maximum atomic E-state index is 12.7. The lowest BCUT2D eigenvalue weighted by molar-refractivity contribution is -0.0498. The number of aromatic nitrogens is 3. The molecule has 0 spiro atoms. The van der Waals surface area contributed by atoms with E-state index in [0.29, 0.717) is 16.5 Å². The van der Waals surface area contributed by atoms with Crippen LogP contribution in [0.15, 0.2) is 84.0 Å². The molecule has 0 saturated carbocycles. The van der Waals surface area contributed by atoms with Gasteiger partial charge in [-0.25, -0.2) is 0 Å². The van der Waals surface area contributed by atoms with Gasteiger partial charge in [0.25, 0.3) is 0 Å². The molecule has 0 saturated heterocycles. The van der Waals surface area contributed by atoms with Gasteiger partial charge in [0, 0.05) is 11.3 Å². The number of halogens is 2. The van der Waals surface area contributed by atoms with Crippen LogP contribution >= 0.6 is 11.8 Å². The molecule has 3 aromatic carbocycles. The van der Waals surface area contributed by atoms with E-state index in [1.165, 1.54) is 41.6 Å². The quantitative estimate of drug-likeness (QED) is 0.170. The number of carbonyl (C=O) groups excluding carboxylic acids is 1. The van der Waals surface area contributed by atoms with E-state index >= 15 is 0 Å². The van der Waals surface area contributed by atoms with Crippen LogP contribution in [0.2, 0.25) is 0 Å². The third-order valence-electron chi connectivity index (χ3n) is 5.54. The molecule has 0 aliphatic heterocycles. The largest absolute Gasteiger partial charge is 0.486 e. The number of nitrogens with zero attached hydrogens (tertiary/aromatic N) is 3. The number of thioether (sulfide) groups is 1. The first-order valence-electron chi connectivity index (χ1n) is 11.6. The fourth-order valence-corrected chi connectivity index (χ4v) is 4.42. The molecule has 9 heteroatoms. The standard InChI is InChI=1S/C28H27F2N3O3S/c1-28(2,3)20-11-15-22(16-12-20)35-17-25-31-32-27(33(25)21-7-5-4-6-8-21)37-18-24(34)19-9-13-23(14-10-19)36-26(29)30/h4-16,26H,17-18H2,1-3H3. The minimum Gasteiger partial charge on any atom is -0.486 e. The number of rotatable bonds is 10. The average Bonchev–Trinajstić information content (AvgIpc) is 3.29. The van der Waals surface area contributed by atoms with Gasteiger partial charge < -0.3 is 9.47 Å². The van der Waals surface area contributed by atoms with Gasteiger partial charge in [0.1, 0.15) is 18.1 Å². The molecule has 0 amide bonds. The maximum Gasteiger partial charge on any atom is 0.387 e. The Morgan fingerprint density at radius 3 is 2.19 bits per heavy atom. The Labute approximate surface area is 218 Å². The van der Waals surface area contributed by atoms with Gasteiger partial charge in [-0.05, 0) is 59.5 Å². The lowest BCUT2D eigenvalue weighted by Crippen LogP contribution is -2.11. The Hall–Kier alpha value is -3.72. The molecule has 1 heterocycles. The first-order valence-corrected chi connectivity index (χ1v) is 12.6. The number of para-hydroxylation sites is 1. The summed E-state index contributed by atoms with van der Waals surface area (Å²) < 4.78 is 36.9. The Morgan fingerprint density at radius 2 is 1.57 bits per heavy atom. The van der Waals surface area contributed by atoms with Crippen LogP contribution in [0.3, 0.4) is 0 Å². The smallest absolute Gasteiger partial charge is 0.387 e. The van der Waals surface area contributed by atoms with Crippen molar-refractivity contribution in [1.29, 1.82) is 0 Å². The number of Topliss-reactive ketones (excluding diaryl/α,β-unsaturated/α-hetero) is 1. The van der Waals surface area contributed by atoms with Gasteiger partial charge in [0.05, 0.1) is 5.75 Å². The second-order valence-electron chi connectivity index (χ2n) is 9.25. The molecule has 1 aromatic heterocycles. The zero-order chi connectivity index (χ0) is 26.4. The second-order valence-corrected chi connectivity index (χ2v) is 10.2. The van der Waals surface area contributed by atoms with E-state index in [1.54, 1.807) is 0 Å². The Morgan fingerprint density at radius 1 is 0.919 bits per heavy atom. The Kier molecular flexibility index (Phi) is 8.23. The summed E-state index contributed by atoms with van der Waals surface area (Å²) in [6.45, 7) is 3.75. The van der Waals surface area contributed by atoms with E-state index in [2.05, 4.69) is 47.8 Å². The van der Waals surface area contributed by atoms with Crippen molar-refractivity contribution in [3.8, 4) is 17.2 Å². The maximum absolute atomic E-state index is 12.7. The predicted octanol–water partition coefficient (Wildman–Crippen LogP) is 6.72. The first kappa shape index (κ1) is 26.3. The second kappa shape index (κ2) is 11.6. The summed E-state index contributed by atoms with van der Waals surface area (Å²) in [6.07, 6.45) is 0. The van der Waals surface area contributed by atoms with Crippen LogP contribution in [0, 0.1) is 0 Å².